The largest absolute Gasteiger partial charge is 0.437 e. The number of carbonyl (C=O) groups is 1. The van der Waals surface area contributed by atoms with Gasteiger partial charge < -0.3 is 20.3 Å². The smallest absolute Gasteiger partial charge is 0.251 e. The molecular formula is C29H32FN7O2. The van der Waals surface area contributed by atoms with Gasteiger partial charge in [-0.2, -0.15) is 14.6 Å². The van der Waals surface area contributed by atoms with Crippen molar-refractivity contribution < 1.29 is 13.9 Å². The van der Waals surface area contributed by atoms with Crippen molar-refractivity contribution in [3.05, 3.63) is 66.1 Å². The van der Waals surface area contributed by atoms with Gasteiger partial charge in [-0.1, -0.05) is 12.1 Å². The van der Waals surface area contributed by atoms with Gasteiger partial charge in [0.2, 0.25) is 5.88 Å². The molecule has 1 aliphatic heterocycles. The number of hydrogen-bond acceptors (Lipinski definition) is 7. The molecule has 2 N–H and O–H groups in total. The summed E-state index contributed by atoms with van der Waals surface area (Å²) in [6.45, 7) is 3.53. The van der Waals surface area contributed by atoms with Crippen LogP contribution in [-0.2, 0) is 0 Å². The molecule has 0 radical (unpaired) electrons. The highest BCUT2D eigenvalue weighted by Crippen LogP contribution is 2.32. The molecule has 2 aliphatic rings. The van der Waals surface area contributed by atoms with Crippen LogP contribution in [0.2, 0.25) is 0 Å². The quantitative estimate of drug-likeness (QED) is 0.344. The van der Waals surface area contributed by atoms with Crippen molar-refractivity contribution in [1.29, 1.82) is 0 Å². The molecule has 2 fully saturated rings. The van der Waals surface area contributed by atoms with Crippen molar-refractivity contribution in [2.24, 2.45) is 0 Å². The predicted octanol–water partition coefficient (Wildman–Crippen LogP) is 4.63. The summed E-state index contributed by atoms with van der Waals surface area (Å²) in [6.07, 6.45) is 8.03. The molecule has 6 rings (SSSR count). The van der Waals surface area contributed by atoms with Crippen LogP contribution in [0.15, 0.2) is 55.0 Å². The van der Waals surface area contributed by atoms with Crippen molar-refractivity contribution in [2.45, 2.75) is 44.3 Å². The van der Waals surface area contributed by atoms with Gasteiger partial charge in [0.25, 0.3) is 5.91 Å². The van der Waals surface area contributed by atoms with E-state index >= 15 is 4.39 Å². The number of nitrogens with one attached hydrogen (secondary N) is 2. The molecule has 202 valence electrons. The van der Waals surface area contributed by atoms with E-state index in [9.17, 15) is 4.79 Å². The number of anilines is 1. The number of alkyl halides is 1. The number of pyridine rings is 1. The molecule has 3 aromatic heterocycles. The molecule has 0 atom stereocenters. The topological polar surface area (TPSA) is 96.7 Å². The van der Waals surface area contributed by atoms with Crippen LogP contribution in [0.5, 0.6) is 11.6 Å². The number of halogens is 1. The van der Waals surface area contributed by atoms with E-state index in [0.717, 1.165) is 42.6 Å². The summed E-state index contributed by atoms with van der Waals surface area (Å²) in [6, 6.07) is 11.3. The number of amides is 1. The summed E-state index contributed by atoms with van der Waals surface area (Å²) < 4.78 is 23.3. The Labute approximate surface area is 226 Å². The summed E-state index contributed by atoms with van der Waals surface area (Å²) in [4.78, 5) is 23.6. The second-order valence-electron chi connectivity index (χ2n) is 10.6. The number of hydrogen-bond donors (Lipinski definition) is 2. The lowest BCUT2D eigenvalue weighted by molar-refractivity contribution is 0.0811. The summed E-state index contributed by atoms with van der Waals surface area (Å²) in [5, 5.41) is 10.9. The Morgan fingerprint density at radius 2 is 2.00 bits per heavy atom. The minimum Gasteiger partial charge on any atom is -0.437 e. The molecule has 1 amide bonds. The van der Waals surface area contributed by atoms with E-state index in [1.165, 1.54) is 0 Å². The van der Waals surface area contributed by atoms with Crippen LogP contribution in [0.1, 0.15) is 41.6 Å². The SMILES string of the molecule is Cc1cc(-c2cnn3c(NCC4(F)CCN(C)CC4)cc(Oc4cccnc4)nc23)ccc1C(=O)NC1CC1. The average molecular weight is 530 g/mol. The van der Waals surface area contributed by atoms with Crippen LogP contribution in [0, 0.1) is 6.92 Å². The third-order valence-electron chi connectivity index (χ3n) is 7.47. The van der Waals surface area contributed by atoms with Gasteiger partial charge in [-0.3, -0.25) is 9.78 Å². The summed E-state index contributed by atoms with van der Waals surface area (Å²) in [5.74, 6) is 1.42. The molecule has 10 heteroatoms. The zero-order valence-electron chi connectivity index (χ0n) is 22.2. The van der Waals surface area contributed by atoms with E-state index in [0.29, 0.717) is 47.5 Å². The minimum atomic E-state index is -1.31. The van der Waals surface area contributed by atoms with E-state index in [-0.39, 0.29) is 12.5 Å². The van der Waals surface area contributed by atoms with E-state index in [4.69, 9.17) is 9.72 Å². The molecule has 0 unspecified atom stereocenters. The Kier molecular flexibility index (Phi) is 6.64. The van der Waals surface area contributed by atoms with Crippen molar-refractivity contribution in [2.75, 3.05) is 32.0 Å². The van der Waals surface area contributed by atoms with Crippen LogP contribution < -0.4 is 15.4 Å². The van der Waals surface area contributed by atoms with Gasteiger partial charge in [0.05, 0.1) is 18.9 Å². The van der Waals surface area contributed by atoms with E-state index in [2.05, 4.69) is 25.6 Å². The third kappa shape index (κ3) is 5.56. The molecule has 4 aromatic rings. The lowest BCUT2D eigenvalue weighted by atomic mass is 9.93. The van der Waals surface area contributed by atoms with E-state index < -0.39 is 5.67 Å². The zero-order chi connectivity index (χ0) is 27.0. The molecule has 1 aliphatic carbocycles. The van der Waals surface area contributed by atoms with Crippen molar-refractivity contribution >= 4 is 17.4 Å². The average Bonchev–Trinajstić information content (AvgIpc) is 3.64. The molecule has 0 bridgehead atoms. The highest BCUT2D eigenvalue weighted by Gasteiger charge is 2.33. The van der Waals surface area contributed by atoms with Crippen LogP contribution in [-0.4, -0.2) is 68.8 Å². The fourth-order valence-corrected chi connectivity index (χ4v) is 4.87. The van der Waals surface area contributed by atoms with Gasteiger partial charge in [-0.25, -0.2) is 4.39 Å². The minimum absolute atomic E-state index is 0.0489. The standard InChI is InChI=1S/C29H32FN7O2/c1-19-14-20(5-8-23(19)28(38)34-21-6-7-21)24-17-33-37-25(32-18-29(30)9-12-36(2)13-10-29)15-26(35-27(24)37)39-22-4-3-11-31-16-22/h3-5,8,11,14-17,21,32H,6-7,9-10,12-13,18H2,1-2H3,(H,34,38). The molecular weight excluding hydrogens is 497 g/mol. The molecule has 9 nitrogen and oxygen atoms in total. The molecule has 4 heterocycles. The van der Waals surface area contributed by atoms with Gasteiger partial charge in [0, 0.05) is 42.5 Å². The second-order valence-corrected chi connectivity index (χ2v) is 10.6. The van der Waals surface area contributed by atoms with Gasteiger partial charge in [-0.15, -0.1) is 0 Å². The number of benzene rings is 1. The monoisotopic (exact) mass is 529 g/mol. The first kappa shape index (κ1) is 25.2. The van der Waals surface area contributed by atoms with Crippen molar-refractivity contribution in [1.82, 2.24) is 29.8 Å². The maximum Gasteiger partial charge on any atom is 0.251 e. The Morgan fingerprint density at radius 1 is 1.18 bits per heavy atom. The first-order chi connectivity index (χ1) is 18.9. The number of rotatable bonds is 8. The molecule has 1 saturated heterocycles. The first-order valence-electron chi connectivity index (χ1n) is 13.4. The van der Waals surface area contributed by atoms with Crippen molar-refractivity contribution in [3.8, 4) is 22.8 Å². The zero-order valence-corrected chi connectivity index (χ0v) is 22.2. The van der Waals surface area contributed by atoms with Crippen LogP contribution in [0.3, 0.4) is 0 Å². The lowest BCUT2D eigenvalue weighted by Crippen LogP contribution is -2.44. The molecule has 0 spiro atoms. The Balaban J connectivity index is 1.34. The normalized spacial score (nSPS) is 17.2. The fourth-order valence-electron chi connectivity index (χ4n) is 4.87. The second kappa shape index (κ2) is 10.3. The Morgan fingerprint density at radius 3 is 2.72 bits per heavy atom. The Bertz CT molecular complexity index is 1490. The number of nitrogens with zero attached hydrogens (tertiary/aromatic N) is 5. The summed E-state index contributed by atoms with van der Waals surface area (Å²) in [7, 11) is 2.01. The van der Waals surface area contributed by atoms with Gasteiger partial charge >= 0.3 is 0 Å². The predicted molar refractivity (Wildman–Crippen MR) is 147 cm³/mol. The number of aryl methyl sites for hydroxylation is 1. The Hall–Kier alpha value is -4.05. The number of ether oxygens (including phenoxy) is 1. The summed E-state index contributed by atoms with van der Waals surface area (Å²) in [5.41, 5.74) is 2.43. The van der Waals surface area contributed by atoms with Gasteiger partial charge in [0.1, 0.15) is 17.2 Å². The maximum absolute atomic E-state index is 15.6. The van der Waals surface area contributed by atoms with Crippen LogP contribution >= 0.6 is 0 Å². The van der Waals surface area contributed by atoms with E-state index in [1.54, 1.807) is 41.3 Å². The number of likely N-dealkylation sites (tertiary alicyclic amines) is 1. The number of aromatic nitrogens is 4. The molecule has 39 heavy (non-hydrogen) atoms. The summed E-state index contributed by atoms with van der Waals surface area (Å²) >= 11 is 0. The van der Waals surface area contributed by atoms with Gasteiger partial charge in [0.15, 0.2) is 5.65 Å². The number of piperidine rings is 1. The van der Waals surface area contributed by atoms with E-state index in [1.807, 2.05) is 32.2 Å². The van der Waals surface area contributed by atoms with Gasteiger partial charge in [-0.05, 0) is 69.0 Å². The van der Waals surface area contributed by atoms with Crippen LogP contribution in [0.25, 0.3) is 16.8 Å². The number of fused-ring (bicyclic) bond motifs is 1. The molecule has 1 aromatic carbocycles. The molecule has 1 saturated carbocycles. The lowest BCUT2D eigenvalue weighted by Gasteiger charge is -2.34. The fraction of sp³-hybridized carbons (Fsp3) is 0.379. The third-order valence-corrected chi connectivity index (χ3v) is 7.47. The highest BCUT2D eigenvalue weighted by molar-refractivity contribution is 5.97. The highest BCUT2D eigenvalue weighted by atomic mass is 19.1. The number of carbonyl (C=O) groups excluding carboxylic acids is 1. The first-order valence-corrected chi connectivity index (χ1v) is 13.4. The van der Waals surface area contributed by atoms with Crippen LogP contribution in [0.4, 0.5) is 10.2 Å². The maximum atomic E-state index is 15.6. The van der Waals surface area contributed by atoms with Crippen molar-refractivity contribution in [3.63, 3.8) is 0 Å².